The number of nitrogens with two attached hydrogens (primary N) is 2. The Hall–Kier alpha value is -4.46. The van der Waals surface area contributed by atoms with Gasteiger partial charge in [0.1, 0.15) is 17.2 Å². The molecule has 0 saturated heterocycles. The molecule has 0 fully saturated rings. The lowest BCUT2D eigenvalue weighted by Gasteiger charge is -2.10. The Morgan fingerprint density at radius 2 is 1.41 bits per heavy atom. The summed E-state index contributed by atoms with van der Waals surface area (Å²) in [5.41, 5.74) is 13.4. The van der Waals surface area contributed by atoms with Crippen LogP contribution in [0.3, 0.4) is 0 Å². The minimum absolute atomic E-state index is 0.199. The summed E-state index contributed by atoms with van der Waals surface area (Å²) < 4.78 is 22.0. The Balaban J connectivity index is 1.35. The predicted octanol–water partition coefficient (Wildman–Crippen LogP) is 5.91. The lowest BCUT2D eigenvalue weighted by atomic mass is 10.1. The van der Waals surface area contributed by atoms with E-state index < -0.39 is 11.9 Å². The molecular weight excluding hydrogens is 496 g/mol. The van der Waals surface area contributed by atoms with Crippen LogP contribution < -0.4 is 25.7 Å². The van der Waals surface area contributed by atoms with Crippen molar-refractivity contribution >= 4 is 29.4 Å². The highest BCUT2D eigenvalue weighted by atomic mass is 16.5. The monoisotopic (exact) mass is 532 g/mol. The summed E-state index contributed by atoms with van der Waals surface area (Å²) in [6.45, 7) is 5.60. The third kappa shape index (κ3) is 10.4. The number of hydrogen-bond donors (Lipinski definition) is 2. The SMILES string of the molecule is CCC(C)CCOc1ccc(OC(=O)/C=C/c2ccc(OCCCOC(=O)c3cc(N)cc(N)c3)cc2)cc1. The molecule has 0 heterocycles. The summed E-state index contributed by atoms with van der Waals surface area (Å²) in [5, 5.41) is 0. The molecule has 0 amide bonds. The second-order valence-corrected chi connectivity index (χ2v) is 9.17. The smallest absolute Gasteiger partial charge is 0.338 e. The number of benzene rings is 3. The molecule has 3 rings (SSSR count). The molecule has 206 valence electrons. The molecule has 4 N–H and O–H groups in total. The van der Waals surface area contributed by atoms with E-state index in [1.54, 1.807) is 48.5 Å². The molecule has 8 heteroatoms. The Morgan fingerprint density at radius 1 is 0.821 bits per heavy atom. The molecule has 0 aliphatic carbocycles. The van der Waals surface area contributed by atoms with Crippen molar-refractivity contribution in [2.75, 3.05) is 31.3 Å². The largest absolute Gasteiger partial charge is 0.494 e. The molecule has 0 bridgehead atoms. The van der Waals surface area contributed by atoms with E-state index >= 15 is 0 Å². The lowest BCUT2D eigenvalue weighted by molar-refractivity contribution is -0.128. The van der Waals surface area contributed by atoms with Crippen LogP contribution in [0, 0.1) is 5.92 Å². The highest BCUT2D eigenvalue weighted by Crippen LogP contribution is 2.19. The zero-order valence-corrected chi connectivity index (χ0v) is 22.4. The van der Waals surface area contributed by atoms with Gasteiger partial charge in [0, 0.05) is 23.9 Å². The third-order valence-corrected chi connectivity index (χ3v) is 5.91. The minimum Gasteiger partial charge on any atom is -0.494 e. The van der Waals surface area contributed by atoms with E-state index in [1.807, 2.05) is 12.1 Å². The maximum Gasteiger partial charge on any atom is 0.338 e. The van der Waals surface area contributed by atoms with Gasteiger partial charge in [-0.2, -0.15) is 0 Å². The average molecular weight is 533 g/mol. The first-order valence-corrected chi connectivity index (χ1v) is 13.0. The van der Waals surface area contributed by atoms with Crippen LogP contribution in [0.2, 0.25) is 0 Å². The summed E-state index contributed by atoms with van der Waals surface area (Å²) in [5.74, 6) is 1.53. The molecule has 0 aromatic heterocycles. The maximum absolute atomic E-state index is 12.2. The van der Waals surface area contributed by atoms with E-state index in [0.29, 0.717) is 54.0 Å². The second-order valence-electron chi connectivity index (χ2n) is 9.17. The summed E-state index contributed by atoms with van der Waals surface area (Å²) >= 11 is 0. The fourth-order valence-electron chi connectivity index (χ4n) is 3.47. The second kappa shape index (κ2) is 15.1. The number of esters is 2. The van der Waals surface area contributed by atoms with Gasteiger partial charge in [-0.1, -0.05) is 32.4 Å². The van der Waals surface area contributed by atoms with Crippen LogP contribution in [0.25, 0.3) is 6.08 Å². The first-order valence-electron chi connectivity index (χ1n) is 13.0. The fraction of sp³-hybridized carbons (Fsp3) is 0.290. The van der Waals surface area contributed by atoms with Crippen molar-refractivity contribution in [3.63, 3.8) is 0 Å². The van der Waals surface area contributed by atoms with Crippen molar-refractivity contribution in [1.82, 2.24) is 0 Å². The summed E-state index contributed by atoms with van der Waals surface area (Å²) in [4.78, 5) is 24.3. The lowest BCUT2D eigenvalue weighted by Crippen LogP contribution is -2.10. The Morgan fingerprint density at radius 3 is 2.05 bits per heavy atom. The number of ether oxygens (including phenoxy) is 4. The van der Waals surface area contributed by atoms with Crippen molar-refractivity contribution in [3.05, 3.63) is 83.9 Å². The number of rotatable bonds is 14. The summed E-state index contributed by atoms with van der Waals surface area (Å²) in [7, 11) is 0. The van der Waals surface area contributed by atoms with Crippen molar-refractivity contribution in [2.24, 2.45) is 5.92 Å². The Bertz CT molecular complexity index is 1220. The highest BCUT2D eigenvalue weighted by molar-refractivity contribution is 5.91. The molecule has 1 unspecified atom stereocenters. The van der Waals surface area contributed by atoms with Crippen molar-refractivity contribution < 1.29 is 28.5 Å². The molecule has 3 aromatic carbocycles. The Kier molecular flexibility index (Phi) is 11.2. The quantitative estimate of drug-likeness (QED) is 0.0863. The van der Waals surface area contributed by atoms with Crippen LogP contribution in [-0.4, -0.2) is 31.8 Å². The van der Waals surface area contributed by atoms with Gasteiger partial charge in [0.2, 0.25) is 0 Å². The standard InChI is InChI=1S/C31H36N2O6/c1-3-22(2)15-18-37-28-10-12-29(13-11-28)39-30(34)14-7-23-5-8-27(9-6-23)36-16-4-17-38-31(35)24-19-25(32)21-26(33)20-24/h5-14,19-22H,3-4,15-18,32-33H2,1-2H3/b14-7+. The van der Waals surface area contributed by atoms with Crippen molar-refractivity contribution in [1.29, 1.82) is 0 Å². The van der Waals surface area contributed by atoms with Crippen LogP contribution in [-0.2, 0) is 9.53 Å². The molecule has 0 spiro atoms. The van der Waals surface area contributed by atoms with Crippen LogP contribution in [0.1, 0.15) is 49.0 Å². The number of anilines is 2. The van der Waals surface area contributed by atoms with Gasteiger partial charge in [-0.3, -0.25) is 0 Å². The number of hydrogen-bond acceptors (Lipinski definition) is 8. The number of nitrogen functional groups attached to an aromatic ring is 2. The normalized spacial score (nSPS) is 11.6. The zero-order valence-electron chi connectivity index (χ0n) is 22.4. The molecule has 39 heavy (non-hydrogen) atoms. The molecule has 0 radical (unpaired) electrons. The first kappa shape index (κ1) is 29.1. The van der Waals surface area contributed by atoms with Gasteiger partial charge < -0.3 is 30.4 Å². The van der Waals surface area contributed by atoms with E-state index in [9.17, 15) is 9.59 Å². The summed E-state index contributed by atoms with van der Waals surface area (Å²) in [6.07, 6.45) is 5.69. The number of carbonyl (C=O) groups is 2. The van der Waals surface area contributed by atoms with Gasteiger partial charge in [-0.15, -0.1) is 0 Å². The van der Waals surface area contributed by atoms with Gasteiger partial charge in [0.15, 0.2) is 0 Å². The van der Waals surface area contributed by atoms with Crippen molar-refractivity contribution in [2.45, 2.75) is 33.1 Å². The van der Waals surface area contributed by atoms with E-state index in [4.69, 9.17) is 30.4 Å². The molecule has 0 aliphatic heterocycles. The Labute approximate surface area is 229 Å². The maximum atomic E-state index is 12.2. The highest BCUT2D eigenvalue weighted by Gasteiger charge is 2.09. The first-order chi connectivity index (χ1) is 18.8. The van der Waals surface area contributed by atoms with Gasteiger partial charge in [-0.25, -0.2) is 9.59 Å². The fourth-order valence-corrected chi connectivity index (χ4v) is 3.47. The zero-order chi connectivity index (χ0) is 28.0. The molecule has 0 aliphatic rings. The molecule has 1 atom stereocenters. The molecular formula is C31H36N2O6. The van der Waals surface area contributed by atoms with Crippen LogP contribution in [0.4, 0.5) is 11.4 Å². The third-order valence-electron chi connectivity index (χ3n) is 5.91. The van der Waals surface area contributed by atoms with Gasteiger partial charge in [-0.05, 0) is 78.6 Å². The van der Waals surface area contributed by atoms with E-state index in [-0.39, 0.29) is 6.61 Å². The summed E-state index contributed by atoms with van der Waals surface area (Å²) in [6, 6.07) is 18.9. The predicted molar refractivity (Wildman–Crippen MR) is 153 cm³/mol. The minimum atomic E-state index is -0.484. The molecule has 0 saturated carbocycles. The van der Waals surface area contributed by atoms with Crippen LogP contribution in [0.5, 0.6) is 17.2 Å². The van der Waals surface area contributed by atoms with Gasteiger partial charge in [0.25, 0.3) is 0 Å². The van der Waals surface area contributed by atoms with E-state index in [1.165, 1.54) is 18.2 Å². The topological polar surface area (TPSA) is 123 Å². The average Bonchev–Trinajstić information content (AvgIpc) is 2.92. The van der Waals surface area contributed by atoms with E-state index in [2.05, 4.69) is 13.8 Å². The number of carbonyl (C=O) groups excluding carboxylic acids is 2. The van der Waals surface area contributed by atoms with Gasteiger partial charge in [0.05, 0.1) is 25.4 Å². The van der Waals surface area contributed by atoms with Crippen molar-refractivity contribution in [3.8, 4) is 17.2 Å². The van der Waals surface area contributed by atoms with E-state index in [0.717, 1.165) is 24.2 Å². The van der Waals surface area contributed by atoms with Crippen LogP contribution in [0.15, 0.2) is 72.8 Å². The van der Waals surface area contributed by atoms with Crippen LogP contribution >= 0.6 is 0 Å². The molecule has 8 nitrogen and oxygen atoms in total. The van der Waals surface area contributed by atoms with Gasteiger partial charge >= 0.3 is 11.9 Å². The molecule has 3 aromatic rings.